The smallest absolute Gasteiger partial charge is 0.123 e. The van der Waals surface area contributed by atoms with E-state index in [-0.39, 0.29) is 0 Å². The fourth-order valence-corrected chi connectivity index (χ4v) is 3.51. The molecule has 0 atom stereocenters. The summed E-state index contributed by atoms with van der Waals surface area (Å²) in [6, 6.07) is 22.1. The zero-order valence-corrected chi connectivity index (χ0v) is 13.5. The van der Waals surface area contributed by atoms with Gasteiger partial charge in [0.1, 0.15) is 5.75 Å². The molecular weight excluding hydrogens is 288 g/mol. The van der Waals surface area contributed by atoms with E-state index in [9.17, 15) is 5.11 Å². The topological polar surface area (TPSA) is 20.2 Å². The van der Waals surface area contributed by atoms with Crippen molar-refractivity contribution in [2.75, 3.05) is 0 Å². The Morgan fingerprint density at radius 3 is 2.14 bits per heavy atom. The van der Waals surface area contributed by atoms with Crippen LogP contribution in [0, 0.1) is 13.8 Å². The van der Waals surface area contributed by atoms with E-state index < -0.39 is 0 Å². The highest BCUT2D eigenvalue weighted by Gasteiger charge is 2.09. The number of phenolic OH excluding ortho intramolecular Hbond substituents is 1. The summed E-state index contributed by atoms with van der Waals surface area (Å²) < 4.78 is 0. The molecule has 1 N–H and O–H groups in total. The van der Waals surface area contributed by atoms with Crippen molar-refractivity contribution in [1.29, 1.82) is 0 Å². The molecule has 3 rings (SSSR count). The third-order valence-corrected chi connectivity index (χ3v) is 5.02. The first-order valence-electron chi connectivity index (χ1n) is 7.27. The van der Waals surface area contributed by atoms with Crippen LogP contribution in [0.15, 0.2) is 76.5 Å². The number of phenols is 1. The molecule has 22 heavy (non-hydrogen) atoms. The lowest BCUT2D eigenvalue weighted by atomic mass is 10.1. The maximum atomic E-state index is 10.2. The van der Waals surface area contributed by atoms with Crippen molar-refractivity contribution in [2.24, 2.45) is 0 Å². The Balaban J connectivity index is 2.00. The van der Waals surface area contributed by atoms with Gasteiger partial charge in [-0.1, -0.05) is 60.3 Å². The van der Waals surface area contributed by atoms with Gasteiger partial charge in [0.15, 0.2) is 0 Å². The van der Waals surface area contributed by atoms with Crippen molar-refractivity contribution in [3.8, 4) is 16.9 Å². The molecule has 0 heterocycles. The molecule has 0 aliphatic heterocycles. The minimum Gasteiger partial charge on any atom is -0.507 e. The summed E-state index contributed by atoms with van der Waals surface area (Å²) in [5.74, 6) is 0.317. The van der Waals surface area contributed by atoms with E-state index in [4.69, 9.17) is 0 Å². The van der Waals surface area contributed by atoms with Gasteiger partial charge >= 0.3 is 0 Å². The van der Waals surface area contributed by atoms with E-state index in [1.807, 2.05) is 36.4 Å². The van der Waals surface area contributed by atoms with Gasteiger partial charge in [-0.3, -0.25) is 0 Å². The van der Waals surface area contributed by atoms with Crippen LogP contribution < -0.4 is 0 Å². The molecule has 0 aliphatic rings. The summed E-state index contributed by atoms with van der Waals surface area (Å²) >= 11 is 1.75. The van der Waals surface area contributed by atoms with Crippen LogP contribution in [-0.4, -0.2) is 5.11 Å². The third kappa shape index (κ3) is 3.02. The Kier molecular flexibility index (Phi) is 4.21. The monoisotopic (exact) mass is 306 g/mol. The highest BCUT2D eigenvalue weighted by molar-refractivity contribution is 7.99. The lowest BCUT2D eigenvalue weighted by Gasteiger charge is -2.11. The van der Waals surface area contributed by atoms with E-state index in [0.29, 0.717) is 5.75 Å². The Bertz CT molecular complexity index is 774. The van der Waals surface area contributed by atoms with Crippen LogP contribution in [0.25, 0.3) is 11.1 Å². The Morgan fingerprint density at radius 1 is 0.773 bits per heavy atom. The highest BCUT2D eigenvalue weighted by atomic mass is 32.2. The first-order chi connectivity index (χ1) is 10.6. The van der Waals surface area contributed by atoms with Crippen LogP contribution in [0.1, 0.15) is 11.1 Å². The third-order valence-electron chi connectivity index (χ3n) is 3.68. The molecule has 3 aromatic rings. The van der Waals surface area contributed by atoms with Crippen LogP contribution in [0.4, 0.5) is 0 Å². The fourth-order valence-electron chi connectivity index (χ4n) is 2.51. The van der Waals surface area contributed by atoms with Crippen molar-refractivity contribution < 1.29 is 5.11 Å². The zero-order valence-electron chi connectivity index (χ0n) is 12.7. The van der Waals surface area contributed by atoms with Gasteiger partial charge in [0.05, 0.1) is 0 Å². The first-order valence-corrected chi connectivity index (χ1v) is 8.09. The number of aryl methyl sites for hydroxylation is 2. The summed E-state index contributed by atoms with van der Waals surface area (Å²) in [6.45, 7) is 4.27. The van der Waals surface area contributed by atoms with Gasteiger partial charge in [-0.2, -0.15) is 0 Å². The van der Waals surface area contributed by atoms with E-state index in [0.717, 1.165) is 16.0 Å². The van der Waals surface area contributed by atoms with Crippen molar-refractivity contribution in [3.63, 3.8) is 0 Å². The molecule has 0 saturated heterocycles. The Labute approximate surface area is 135 Å². The number of aromatic hydroxyl groups is 1. The number of rotatable bonds is 3. The number of hydrogen-bond donors (Lipinski definition) is 1. The molecule has 0 aromatic heterocycles. The predicted octanol–water partition coefficient (Wildman–Crippen LogP) is 5.83. The number of hydrogen-bond acceptors (Lipinski definition) is 2. The molecule has 2 heteroatoms. The van der Waals surface area contributed by atoms with Gasteiger partial charge < -0.3 is 5.11 Å². The fraction of sp³-hybridized carbons (Fsp3) is 0.100. The summed E-state index contributed by atoms with van der Waals surface area (Å²) in [5, 5.41) is 10.2. The molecular formula is C20H18OS. The van der Waals surface area contributed by atoms with E-state index in [1.165, 1.54) is 16.0 Å². The Morgan fingerprint density at radius 2 is 1.45 bits per heavy atom. The first kappa shape index (κ1) is 14.7. The minimum absolute atomic E-state index is 0.317. The van der Waals surface area contributed by atoms with Gasteiger partial charge in [0.25, 0.3) is 0 Å². The SMILES string of the molecule is Cc1cccc(C)c1Sc1ccc(O)c(-c2ccccc2)c1. The normalized spacial score (nSPS) is 10.6. The largest absolute Gasteiger partial charge is 0.507 e. The van der Waals surface area contributed by atoms with E-state index >= 15 is 0 Å². The minimum atomic E-state index is 0.317. The van der Waals surface area contributed by atoms with Gasteiger partial charge in [0, 0.05) is 15.4 Å². The molecule has 0 amide bonds. The summed E-state index contributed by atoms with van der Waals surface area (Å²) in [5.41, 5.74) is 4.46. The zero-order chi connectivity index (χ0) is 15.5. The van der Waals surface area contributed by atoms with Crippen LogP contribution in [0.3, 0.4) is 0 Å². The molecule has 0 unspecified atom stereocenters. The van der Waals surface area contributed by atoms with Crippen molar-refractivity contribution in [3.05, 3.63) is 77.9 Å². The van der Waals surface area contributed by atoms with Crippen molar-refractivity contribution >= 4 is 11.8 Å². The number of benzene rings is 3. The summed E-state index contributed by atoms with van der Waals surface area (Å²) in [7, 11) is 0. The average molecular weight is 306 g/mol. The molecule has 0 fully saturated rings. The van der Waals surface area contributed by atoms with Gasteiger partial charge in [-0.05, 0) is 48.7 Å². The molecule has 3 aromatic carbocycles. The molecule has 0 bridgehead atoms. The Hall–Kier alpha value is -2.19. The standard InChI is InChI=1S/C20H18OS/c1-14-7-6-8-15(2)20(14)22-17-11-12-19(21)18(13-17)16-9-4-3-5-10-16/h3-13,21H,1-2H3. The quantitative estimate of drug-likeness (QED) is 0.657. The highest BCUT2D eigenvalue weighted by Crippen LogP contribution is 2.38. The van der Waals surface area contributed by atoms with Crippen LogP contribution in [-0.2, 0) is 0 Å². The molecule has 0 spiro atoms. The maximum absolute atomic E-state index is 10.2. The van der Waals surface area contributed by atoms with Gasteiger partial charge in [-0.15, -0.1) is 0 Å². The second kappa shape index (κ2) is 6.29. The lowest BCUT2D eigenvalue weighted by Crippen LogP contribution is -1.86. The van der Waals surface area contributed by atoms with Crippen LogP contribution in [0.2, 0.25) is 0 Å². The van der Waals surface area contributed by atoms with E-state index in [2.05, 4.69) is 38.1 Å². The second-order valence-electron chi connectivity index (χ2n) is 5.37. The molecule has 110 valence electrons. The van der Waals surface area contributed by atoms with Gasteiger partial charge in [-0.25, -0.2) is 0 Å². The molecule has 1 nitrogen and oxygen atoms in total. The summed E-state index contributed by atoms with van der Waals surface area (Å²) in [6.07, 6.45) is 0. The van der Waals surface area contributed by atoms with Gasteiger partial charge in [0.2, 0.25) is 0 Å². The molecule has 0 radical (unpaired) electrons. The molecule has 0 saturated carbocycles. The van der Waals surface area contributed by atoms with E-state index in [1.54, 1.807) is 17.8 Å². The lowest BCUT2D eigenvalue weighted by molar-refractivity contribution is 0.477. The maximum Gasteiger partial charge on any atom is 0.123 e. The molecule has 0 aliphatic carbocycles. The predicted molar refractivity (Wildman–Crippen MR) is 93.6 cm³/mol. The average Bonchev–Trinajstić information content (AvgIpc) is 2.53. The second-order valence-corrected chi connectivity index (χ2v) is 6.45. The summed E-state index contributed by atoms with van der Waals surface area (Å²) in [4.78, 5) is 2.42. The van der Waals surface area contributed by atoms with Crippen LogP contribution in [0.5, 0.6) is 5.75 Å². The van der Waals surface area contributed by atoms with Crippen molar-refractivity contribution in [2.45, 2.75) is 23.6 Å². The van der Waals surface area contributed by atoms with Crippen molar-refractivity contribution in [1.82, 2.24) is 0 Å². The van der Waals surface area contributed by atoms with Crippen LogP contribution >= 0.6 is 11.8 Å².